The molecule has 1 atom stereocenters. The van der Waals surface area contributed by atoms with Crippen molar-refractivity contribution in [3.63, 3.8) is 0 Å². The number of benzene rings is 1. The standard InChI is InChI=1S/C18H21BrN2O/c1-3-22-18-7-5-15(11-20-18)13(2)21-9-8-14-4-6-17(19)10-16(14)12-21/h4-7,10-11,13H,3,8-9,12H2,1-2H3/t13-/m1/s1. The first-order valence-electron chi connectivity index (χ1n) is 7.77. The molecule has 0 spiro atoms. The number of nitrogens with zero attached hydrogens (tertiary/aromatic N) is 2. The third-order valence-electron chi connectivity index (χ3n) is 4.29. The predicted octanol–water partition coefficient (Wildman–Crippen LogP) is 4.36. The van der Waals surface area contributed by atoms with Crippen molar-refractivity contribution in [2.24, 2.45) is 0 Å². The van der Waals surface area contributed by atoms with Gasteiger partial charge in [0.25, 0.3) is 0 Å². The van der Waals surface area contributed by atoms with E-state index in [0.717, 1.165) is 24.0 Å². The number of aromatic nitrogens is 1. The predicted molar refractivity (Wildman–Crippen MR) is 92.1 cm³/mol. The third-order valence-corrected chi connectivity index (χ3v) is 4.78. The van der Waals surface area contributed by atoms with Gasteiger partial charge < -0.3 is 4.74 Å². The molecule has 0 saturated heterocycles. The topological polar surface area (TPSA) is 25.4 Å². The summed E-state index contributed by atoms with van der Waals surface area (Å²) >= 11 is 3.57. The zero-order valence-corrected chi connectivity index (χ0v) is 14.6. The molecular formula is C18H21BrN2O. The second kappa shape index (κ2) is 6.80. The van der Waals surface area contributed by atoms with Crippen LogP contribution in [0.4, 0.5) is 0 Å². The molecule has 1 aromatic heterocycles. The number of fused-ring (bicyclic) bond motifs is 1. The average molecular weight is 361 g/mol. The zero-order chi connectivity index (χ0) is 15.5. The van der Waals surface area contributed by atoms with Gasteiger partial charge in [0.15, 0.2) is 0 Å². The smallest absolute Gasteiger partial charge is 0.213 e. The summed E-state index contributed by atoms with van der Waals surface area (Å²) in [5, 5.41) is 0. The minimum atomic E-state index is 0.357. The van der Waals surface area contributed by atoms with Crippen molar-refractivity contribution in [3.8, 4) is 5.88 Å². The molecule has 2 heterocycles. The Morgan fingerprint density at radius 3 is 2.86 bits per heavy atom. The quantitative estimate of drug-likeness (QED) is 0.809. The van der Waals surface area contributed by atoms with Gasteiger partial charge in [-0.05, 0) is 49.1 Å². The molecule has 1 aliphatic rings. The van der Waals surface area contributed by atoms with Gasteiger partial charge in [-0.1, -0.05) is 28.1 Å². The second-order valence-electron chi connectivity index (χ2n) is 5.67. The van der Waals surface area contributed by atoms with Crippen LogP contribution in [0.5, 0.6) is 5.88 Å². The van der Waals surface area contributed by atoms with Crippen LogP contribution in [0.1, 0.15) is 36.6 Å². The van der Waals surface area contributed by atoms with Gasteiger partial charge in [-0.25, -0.2) is 4.98 Å². The Hall–Kier alpha value is -1.39. The van der Waals surface area contributed by atoms with Crippen LogP contribution in [0.3, 0.4) is 0 Å². The molecule has 0 aliphatic carbocycles. The van der Waals surface area contributed by atoms with Crippen molar-refractivity contribution in [2.75, 3.05) is 13.2 Å². The minimum Gasteiger partial charge on any atom is -0.478 e. The number of halogens is 1. The largest absolute Gasteiger partial charge is 0.478 e. The number of pyridine rings is 1. The molecule has 4 heteroatoms. The first kappa shape index (κ1) is 15.5. The summed E-state index contributed by atoms with van der Waals surface area (Å²) in [5.41, 5.74) is 4.13. The number of ether oxygens (including phenoxy) is 1. The van der Waals surface area contributed by atoms with E-state index >= 15 is 0 Å². The molecule has 0 radical (unpaired) electrons. The molecule has 22 heavy (non-hydrogen) atoms. The Morgan fingerprint density at radius 1 is 1.27 bits per heavy atom. The third kappa shape index (κ3) is 3.33. The maximum Gasteiger partial charge on any atom is 0.213 e. The molecule has 0 fully saturated rings. The average Bonchev–Trinajstić information content (AvgIpc) is 2.54. The van der Waals surface area contributed by atoms with Crippen molar-refractivity contribution in [2.45, 2.75) is 32.9 Å². The van der Waals surface area contributed by atoms with Crippen LogP contribution in [-0.4, -0.2) is 23.0 Å². The van der Waals surface area contributed by atoms with Crippen molar-refractivity contribution >= 4 is 15.9 Å². The van der Waals surface area contributed by atoms with E-state index in [9.17, 15) is 0 Å². The first-order chi connectivity index (χ1) is 10.7. The van der Waals surface area contributed by atoms with E-state index in [1.807, 2.05) is 19.2 Å². The second-order valence-corrected chi connectivity index (χ2v) is 6.59. The first-order valence-corrected chi connectivity index (χ1v) is 8.56. The Morgan fingerprint density at radius 2 is 2.14 bits per heavy atom. The normalized spacial score (nSPS) is 16.1. The van der Waals surface area contributed by atoms with Crippen LogP contribution < -0.4 is 4.74 Å². The van der Waals surface area contributed by atoms with E-state index < -0.39 is 0 Å². The van der Waals surface area contributed by atoms with E-state index in [2.05, 4.69) is 57.0 Å². The number of rotatable bonds is 4. The van der Waals surface area contributed by atoms with Gasteiger partial charge in [0, 0.05) is 35.9 Å². The minimum absolute atomic E-state index is 0.357. The maximum atomic E-state index is 5.42. The van der Waals surface area contributed by atoms with Crippen LogP contribution >= 0.6 is 15.9 Å². The molecule has 0 N–H and O–H groups in total. The maximum absolute atomic E-state index is 5.42. The SMILES string of the molecule is CCOc1ccc([C@@H](C)N2CCc3ccc(Br)cc3C2)cn1. The molecule has 0 amide bonds. The molecule has 1 aliphatic heterocycles. The molecule has 2 aromatic rings. The van der Waals surface area contributed by atoms with E-state index in [4.69, 9.17) is 4.74 Å². The van der Waals surface area contributed by atoms with Gasteiger partial charge in [0.05, 0.1) is 6.61 Å². The van der Waals surface area contributed by atoms with Gasteiger partial charge >= 0.3 is 0 Å². The lowest BCUT2D eigenvalue weighted by molar-refractivity contribution is 0.191. The molecular weight excluding hydrogens is 340 g/mol. The summed E-state index contributed by atoms with van der Waals surface area (Å²) < 4.78 is 6.57. The Balaban J connectivity index is 1.74. The van der Waals surface area contributed by atoms with Gasteiger partial charge in [-0.3, -0.25) is 4.90 Å². The highest BCUT2D eigenvalue weighted by molar-refractivity contribution is 9.10. The van der Waals surface area contributed by atoms with Crippen LogP contribution in [0.25, 0.3) is 0 Å². The highest BCUT2D eigenvalue weighted by Gasteiger charge is 2.22. The monoisotopic (exact) mass is 360 g/mol. The highest BCUT2D eigenvalue weighted by Crippen LogP contribution is 2.29. The van der Waals surface area contributed by atoms with E-state index in [1.165, 1.54) is 16.7 Å². The lowest BCUT2D eigenvalue weighted by atomic mass is 9.97. The number of hydrogen-bond donors (Lipinski definition) is 0. The summed E-state index contributed by atoms with van der Waals surface area (Å²) in [6.07, 6.45) is 3.05. The lowest BCUT2D eigenvalue weighted by Gasteiger charge is -2.34. The van der Waals surface area contributed by atoms with Crippen molar-refractivity contribution in [1.29, 1.82) is 0 Å². The fourth-order valence-electron chi connectivity index (χ4n) is 2.96. The van der Waals surface area contributed by atoms with Gasteiger partial charge in [0.1, 0.15) is 0 Å². The summed E-state index contributed by atoms with van der Waals surface area (Å²) in [4.78, 5) is 6.89. The Kier molecular flexibility index (Phi) is 4.79. The molecule has 0 bridgehead atoms. The fraction of sp³-hybridized carbons (Fsp3) is 0.389. The molecule has 0 unspecified atom stereocenters. The molecule has 3 nitrogen and oxygen atoms in total. The van der Waals surface area contributed by atoms with Crippen LogP contribution in [0, 0.1) is 0 Å². The van der Waals surface area contributed by atoms with Crippen LogP contribution in [-0.2, 0) is 13.0 Å². The number of hydrogen-bond acceptors (Lipinski definition) is 3. The molecule has 3 rings (SSSR count). The fourth-order valence-corrected chi connectivity index (χ4v) is 3.37. The Bertz CT molecular complexity index is 642. The van der Waals surface area contributed by atoms with Gasteiger partial charge in [-0.15, -0.1) is 0 Å². The summed E-state index contributed by atoms with van der Waals surface area (Å²) in [6, 6.07) is 11.1. The Labute approximate surface area is 140 Å². The van der Waals surface area contributed by atoms with Crippen molar-refractivity contribution in [1.82, 2.24) is 9.88 Å². The van der Waals surface area contributed by atoms with Crippen molar-refractivity contribution in [3.05, 3.63) is 57.7 Å². The summed E-state index contributed by atoms with van der Waals surface area (Å²) in [7, 11) is 0. The van der Waals surface area contributed by atoms with E-state index in [0.29, 0.717) is 18.5 Å². The molecule has 116 valence electrons. The van der Waals surface area contributed by atoms with Crippen molar-refractivity contribution < 1.29 is 4.74 Å². The molecule has 1 aromatic carbocycles. The summed E-state index contributed by atoms with van der Waals surface area (Å²) in [6.45, 7) is 6.95. The van der Waals surface area contributed by atoms with Gasteiger partial charge in [-0.2, -0.15) is 0 Å². The van der Waals surface area contributed by atoms with Gasteiger partial charge in [0.2, 0.25) is 5.88 Å². The summed E-state index contributed by atoms with van der Waals surface area (Å²) in [5.74, 6) is 0.700. The van der Waals surface area contributed by atoms with Crippen LogP contribution in [0.15, 0.2) is 41.0 Å². The van der Waals surface area contributed by atoms with Crippen LogP contribution in [0.2, 0.25) is 0 Å². The zero-order valence-electron chi connectivity index (χ0n) is 13.1. The van der Waals surface area contributed by atoms with E-state index in [-0.39, 0.29) is 0 Å². The lowest BCUT2D eigenvalue weighted by Crippen LogP contribution is -2.32. The molecule has 0 saturated carbocycles. The highest BCUT2D eigenvalue weighted by atomic mass is 79.9. The van der Waals surface area contributed by atoms with E-state index in [1.54, 1.807) is 0 Å².